The number of rotatable bonds is 6. The first-order valence-corrected chi connectivity index (χ1v) is 7.15. The third-order valence-corrected chi connectivity index (χ3v) is 4.04. The Morgan fingerprint density at radius 3 is 2.33 bits per heavy atom. The molecule has 1 fully saturated rings. The number of nitriles is 1. The zero-order chi connectivity index (χ0) is 15.2. The first-order chi connectivity index (χ1) is 10.2. The Bertz CT molecular complexity index is 500. The minimum absolute atomic E-state index is 0.0974. The van der Waals surface area contributed by atoms with Crippen molar-refractivity contribution in [3.63, 3.8) is 0 Å². The molecule has 0 saturated heterocycles. The summed E-state index contributed by atoms with van der Waals surface area (Å²) in [5.74, 6) is 2.25. The number of methoxy groups -OCH3 is 3. The molecule has 21 heavy (non-hydrogen) atoms. The fourth-order valence-corrected chi connectivity index (χ4v) is 2.84. The molecule has 2 atom stereocenters. The highest BCUT2D eigenvalue weighted by Gasteiger charge is 2.27. The molecule has 0 amide bonds. The molecule has 1 aromatic carbocycles. The molecule has 0 spiro atoms. The van der Waals surface area contributed by atoms with Crippen LogP contribution in [0.25, 0.3) is 0 Å². The van der Waals surface area contributed by atoms with Crippen LogP contribution in [0.2, 0.25) is 0 Å². The fourth-order valence-electron chi connectivity index (χ4n) is 2.84. The average molecular weight is 290 g/mol. The Balaban J connectivity index is 2.17. The van der Waals surface area contributed by atoms with Gasteiger partial charge in [-0.05, 0) is 12.8 Å². The van der Waals surface area contributed by atoms with Crippen molar-refractivity contribution in [1.82, 2.24) is 5.32 Å². The van der Waals surface area contributed by atoms with E-state index >= 15 is 0 Å². The van der Waals surface area contributed by atoms with Gasteiger partial charge in [0.05, 0.1) is 38.9 Å². The van der Waals surface area contributed by atoms with Crippen molar-refractivity contribution in [3.05, 3.63) is 17.7 Å². The van der Waals surface area contributed by atoms with Gasteiger partial charge in [0, 0.05) is 24.7 Å². The lowest BCUT2D eigenvalue weighted by atomic mass is 10.0. The van der Waals surface area contributed by atoms with E-state index in [0.717, 1.165) is 36.3 Å². The van der Waals surface area contributed by atoms with Crippen molar-refractivity contribution in [2.45, 2.75) is 31.8 Å². The maximum atomic E-state index is 9.15. The van der Waals surface area contributed by atoms with Gasteiger partial charge in [-0.2, -0.15) is 5.26 Å². The smallest absolute Gasteiger partial charge is 0.130 e. The summed E-state index contributed by atoms with van der Waals surface area (Å²) in [6, 6.07) is 6.31. The largest absolute Gasteiger partial charge is 0.496 e. The van der Waals surface area contributed by atoms with Gasteiger partial charge in [-0.1, -0.05) is 6.42 Å². The minimum Gasteiger partial charge on any atom is -0.496 e. The maximum absolute atomic E-state index is 9.15. The molecule has 1 aromatic rings. The molecule has 0 aliphatic heterocycles. The molecule has 1 aliphatic carbocycles. The summed E-state index contributed by atoms with van der Waals surface area (Å²) in [6.45, 7) is 0.610. The van der Waals surface area contributed by atoms with E-state index in [-0.39, 0.29) is 12.0 Å². The van der Waals surface area contributed by atoms with Gasteiger partial charge < -0.3 is 19.5 Å². The van der Waals surface area contributed by atoms with E-state index < -0.39 is 0 Å². The molecule has 2 unspecified atom stereocenters. The van der Waals surface area contributed by atoms with Gasteiger partial charge in [-0.25, -0.2) is 0 Å². The van der Waals surface area contributed by atoms with Crippen LogP contribution in [0.1, 0.15) is 24.8 Å². The van der Waals surface area contributed by atoms with E-state index in [9.17, 15) is 0 Å². The SMILES string of the molecule is COc1cc(OC)c(CNC2CCCC2C#N)c(OC)c1. The second-order valence-corrected chi connectivity index (χ2v) is 5.16. The zero-order valence-corrected chi connectivity index (χ0v) is 12.8. The Morgan fingerprint density at radius 1 is 1.14 bits per heavy atom. The lowest BCUT2D eigenvalue weighted by Gasteiger charge is -2.19. The van der Waals surface area contributed by atoms with E-state index in [1.165, 1.54) is 0 Å². The molecule has 0 heterocycles. The Kier molecular flexibility index (Phi) is 5.29. The predicted molar refractivity (Wildman–Crippen MR) is 79.7 cm³/mol. The van der Waals surface area contributed by atoms with Crippen LogP contribution in [0.4, 0.5) is 0 Å². The van der Waals surface area contributed by atoms with Crippen molar-refractivity contribution in [3.8, 4) is 23.3 Å². The molecule has 2 rings (SSSR count). The highest BCUT2D eigenvalue weighted by molar-refractivity contribution is 5.50. The summed E-state index contributed by atoms with van der Waals surface area (Å²) in [5.41, 5.74) is 0.949. The first kappa shape index (κ1) is 15.5. The van der Waals surface area contributed by atoms with Crippen LogP contribution in [-0.4, -0.2) is 27.4 Å². The van der Waals surface area contributed by atoms with Crippen molar-refractivity contribution >= 4 is 0 Å². The number of hydrogen-bond acceptors (Lipinski definition) is 5. The summed E-state index contributed by atoms with van der Waals surface area (Å²) in [6.07, 6.45) is 3.12. The molecule has 5 heteroatoms. The van der Waals surface area contributed by atoms with Crippen LogP contribution in [-0.2, 0) is 6.54 Å². The Morgan fingerprint density at radius 2 is 1.81 bits per heavy atom. The van der Waals surface area contributed by atoms with Crippen molar-refractivity contribution in [2.24, 2.45) is 5.92 Å². The van der Waals surface area contributed by atoms with Crippen molar-refractivity contribution < 1.29 is 14.2 Å². The molecule has 114 valence electrons. The Hall–Kier alpha value is -1.93. The lowest BCUT2D eigenvalue weighted by Crippen LogP contribution is -2.31. The maximum Gasteiger partial charge on any atom is 0.130 e. The van der Waals surface area contributed by atoms with Crippen molar-refractivity contribution in [1.29, 1.82) is 5.26 Å². The highest BCUT2D eigenvalue weighted by Crippen LogP contribution is 2.34. The van der Waals surface area contributed by atoms with Crippen LogP contribution < -0.4 is 19.5 Å². The quantitative estimate of drug-likeness (QED) is 0.872. The summed E-state index contributed by atoms with van der Waals surface area (Å²) in [7, 11) is 4.87. The number of nitrogens with one attached hydrogen (secondary N) is 1. The zero-order valence-electron chi connectivity index (χ0n) is 12.8. The minimum atomic E-state index is 0.0974. The second-order valence-electron chi connectivity index (χ2n) is 5.16. The summed E-state index contributed by atoms with van der Waals surface area (Å²) >= 11 is 0. The van der Waals surface area contributed by atoms with E-state index in [0.29, 0.717) is 12.3 Å². The van der Waals surface area contributed by atoms with E-state index in [4.69, 9.17) is 19.5 Å². The molecular weight excluding hydrogens is 268 g/mol. The van der Waals surface area contributed by atoms with Gasteiger partial charge >= 0.3 is 0 Å². The standard InChI is InChI=1S/C16H22N2O3/c1-19-12-7-15(20-2)13(16(8-12)21-3)10-18-14-6-4-5-11(14)9-17/h7-8,11,14,18H,4-6,10H2,1-3H3. The van der Waals surface area contributed by atoms with E-state index in [1.807, 2.05) is 12.1 Å². The molecule has 0 radical (unpaired) electrons. The van der Waals surface area contributed by atoms with Crippen LogP contribution in [0.15, 0.2) is 12.1 Å². The molecular formula is C16H22N2O3. The fraction of sp³-hybridized carbons (Fsp3) is 0.562. The number of nitrogens with zero attached hydrogens (tertiary/aromatic N) is 1. The molecule has 0 aromatic heterocycles. The van der Waals surface area contributed by atoms with Gasteiger partial charge in [-0.3, -0.25) is 0 Å². The normalized spacial score (nSPS) is 20.9. The average Bonchev–Trinajstić information content (AvgIpc) is 2.99. The van der Waals surface area contributed by atoms with Crippen molar-refractivity contribution in [2.75, 3.05) is 21.3 Å². The van der Waals surface area contributed by atoms with Crippen LogP contribution in [0.3, 0.4) is 0 Å². The summed E-state index contributed by atoms with van der Waals surface area (Å²) < 4.78 is 16.1. The second kappa shape index (κ2) is 7.19. The lowest BCUT2D eigenvalue weighted by molar-refractivity contribution is 0.362. The molecule has 0 bridgehead atoms. The topological polar surface area (TPSA) is 63.5 Å². The third kappa shape index (κ3) is 3.40. The van der Waals surface area contributed by atoms with E-state index in [1.54, 1.807) is 21.3 Å². The van der Waals surface area contributed by atoms with Crippen LogP contribution >= 0.6 is 0 Å². The number of ether oxygens (including phenoxy) is 3. The van der Waals surface area contributed by atoms with E-state index in [2.05, 4.69) is 11.4 Å². The Labute approximate surface area is 125 Å². The van der Waals surface area contributed by atoms with Gasteiger partial charge in [0.25, 0.3) is 0 Å². The summed E-state index contributed by atoms with van der Waals surface area (Å²) in [5, 5.41) is 12.6. The summed E-state index contributed by atoms with van der Waals surface area (Å²) in [4.78, 5) is 0. The van der Waals surface area contributed by atoms with Gasteiger partial charge in [0.15, 0.2) is 0 Å². The molecule has 5 nitrogen and oxygen atoms in total. The van der Waals surface area contributed by atoms with Crippen LogP contribution in [0.5, 0.6) is 17.2 Å². The molecule has 1 aliphatic rings. The highest BCUT2D eigenvalue weighted by atomic mass is 16.5. The van der Waals surface area contributed by atoms with Gasteiger partial charge in [-0.15, -0.1) is 0 Å². The van der Waals surface area contributed by atoms with Gasteiger partial charge in [0.2, 0.25) is 0 Å². The predicted octanol–water partition coefficient (Wildman–Crippen LogP) is 2.49. The van der Waals surface area contributed by atoms with Gasteiger partial charge in [0.1, 0.15) is 17.2 Å². The molecule has 1 saturated carbocycles. The third-order valence-electron chi connectivity index (χ3n) is 4.04. The van der Waals surface area contributed by atoms with Crippen LogP contribution in [0, 0.1) is 17.2 Å². The number of hydrogen-bond donors (Lipinski definition) is 1. The first-order valence-electron chi connectivity index (χ1n) is 7.15. The number of benzene rings is 1. The monoisotopic (exact) mass is 290 g/mol. The molecule has 1 N–H and O–H groups in total.